The van der Waals surface area contributed by atoms with Gasteiger partial charge in [-0.3, -0.25) is 4.79 Å². The number of nitrogens with one attached hydrogen (secondary N) is 1. The molecule has 1 fully saturated rings. The van der Waals surface area contributed by atoms with Gasteiger partial charge in [0, 0.05) is 35.2 Å². The van der Waals surface area contributed by atoms with Gasteiger partial charge in [0.1, 0.15) is 11.5 Å². The van der Waals surface area contributed by atoms with Gasteiger partial charge in [-0.05, 0) is 56.0 Å². The van der Waals surface area contributed by atoms with Gasteiger partial charge in [0.2, 0.25) is 0 Å². The first-order chi connectivity index (χ1) is 15.6. The zero-order valence-corrected chi connectivity index (χ0v) is 18.6. The molecule has 1 aliphatic rings. The molecule has 4 nitrogen and oxygen atoms in total. The fraction of sp³-hybridized carbons (Fsp3) is 0.333. The van der Waals surface area contributed by atoms with Crippen LogP contribution >= 0.6 is 11.6 Å². The number of alkyl halides is 3. The maximum Gasteiger partial charge on any atom is 0.433 e. The molecular formula is C24H22ClF4N3O. The number of benzene rings is 2. The molecule has 0 unspecified atom stereocenters. The lowest BCUT2D eigenvalue weighted by atomic mass is 9.89. The molecule has 1 N–H and O–H groups in total. The number of aromatic nitrogens is 1. The van der Waals surface area contributed by atoms with Gasteiger partial charge in [0.05, 0.1) is 11.1 Å². The molecule has 0 bridgehead atoms. The van der Waals surface area contributed by atoms with Crippen LogP contribution in [-0.2, 0) is 6.18 Å². The van der Waals surface area contributed by atoms with E-state index >= 15 is 0 Å². The van der Waals surface area contributed by atoms with Crippen molar-refractivity contribution >= 4 is 34.1 Å². The van der Waals surface area contributed by atoms with E-state index in [1.54, 1.807) is 31.3 Å². The van der Waals surface area contributed by atoms with Crippen molar-refractivity contribution in [1.82, 2.24) is 10.3 Å². The predicted octanol–water partition coefficient (Wildman–Crippen LogP) is 6.22. The van der Waals surface area contributed by atoms with Crippen LogP contribution < -0.4 is 10.2 Å². The van der Waals surface area contributed by atoms with Crippen molar-refractivity contribution in [2.75, 3.05) is 11.9 Å². The van der Waals surface area contributed by atoms with Crippen LogP contribution in [0.5, 0.6) is 0 Å². The smallest absolute Gasteiger partial charge is 0.371 e. The van der Waals surface area contributed by atoms with E-state index in [0.29, 0.717) is 42.3 Å². The van der Waals surface area contributed by atoms with Crippen molar-refractivity contribution in [3.05, 3.63) is 70.6 Å². The molecule has 0 spiro atoms. The van der Waals surface area contributed by atoms with Gasteiger partial charge in [0.25, 0.3) is 5.91 Å². The van der Waals surface area contributed by atoms with Crippen LogP contribution in [0, 0.1) is 5.82 Å². The molecule has 1 aromatic heterocycles. The van der Waals surface area contributed by atoms with E-state index in [-0.39, 0.29) is 22.7 Å². The van der Waals surface area contributed by atoms with Crippen LogP contribution in [0.2, 0.25) is 5.02 Å². The Morgan fingerprint density at radius 2 is 1.79 bits per heavy atom. The number of para-hydroxylation sites is 1. The Morgan fingerprint density at radius 1 is 1.09 bits per heavy atom. The zero-order chi connectivity index (χ0) is 23.8. The minimum Gasteiger partial charge on any atom is -0.371 e. The first kappa shape index (κ1) is 23.3. The highest BCUT2D eigenvalue weighted by molar-refractivity contribution is 6.31. The van der Waals surface area contributed by atoms with Crippen molar-refractivity contribution in [1.29, 1.82) is 0 Å². The molecular weight excluding hydrogens is 458 g/mol. The number of hydrogen-bond acceptors (Lipinski definition) is 3. The molecule has 3 aromatic rings. The van der Waals surface area contributed by atoms with Crippen molar-refractivity contribution in [3.8, 4) is 0 Å². The zero-order valence-electron chi connectivity index (χ0n) is 17.8. The number of rotatable bonds is 4. The van der Waals surface area contributed by atoms with Crippen LogP contribution in [0.3, 0.4) is 0 Å². The van der Waals surface area contributed by atoms with Crippen LogP contribution in [0.4, 0.5) is 23.2 Å². The van der Waals surface area contributed by atoms with Gasteiger partial charge < -0.3 is 10.2 Å². The van der Waals surface area contributed by atoms with E-state index in [4.69, 9.17) is 11.6 Å². The summed E-state index contributed by atoms with van der Waals surface area (Å²) in [4.78, 5) is 18.1. The molecule has 1 aliphatic carbocycles. The van der Waals surface area contributed by atoms with Crippen LogP contribution in [-0.4, -0.2) is 30.0 Å². The summed E-state index contributed by atoms with van der Waals surface area (Å²) in [5.74, 6) is -1.17. The Hall–Kier alpha value is -2.87. The van der Waals surface area contributed by atoms with Gasteiger partial charge in [0.15, 0.2) is 0 Å². The number of pyridine rings is 1. The van der Waals surface area contributed by atoms with E-state index in [0.717, 1.165) is 12.1 Å². The molecule has 1 saturated carbocycles. The lowest BCUT2D eigenvalue weighted by molar-refractivity contribution is -0.140. The summed E-state index contributed by atoms with van der Waals surface area (Å²) in [6, 6.07) is 11.5. The van der Waals surface area contributed by atoms with Crippen molar-refractivity contribution in [2.45, 2.75) is 43.9 Å². The minimum absolute atomic E-state index is 0.00653. The number of halogens is 5. The number of hydrogen-bond donors (Lipinski definition) is 1. The van der Waals surface area contributed by atoms with Crippen molar-refractivity contribution in [3.63, 3.8) is 0 Å². The van der Waals surface area contributed by atoms with Gasteiger partial charge in [-0.15, -0.1) is 0 Å². The molecule has 33 heavy (non-hydrogen) atoms. The molecule has 0 saturated heterocycles. The number of anilines is 1. The molecule has 0 aliphatic heterocycles. The summed E-state index contributed by atoms with van der Waals surface area (Å²) in [5.41, 5.74) is -0.266. The third-order valence-corrected chi connectivity index (χ3v) is 6.35. The number of carbonyl (C=O) groups excluding carboxylic acids is 1. The first-order valence-corrected chi connectivity index (χ1v) is 11.0. The van der Waals surface area contributed by atoms with Crippen LogP contribution in [0.15, 0.2) is 48.5 Å². The lowest BCUT2D eigenvalue weighted by Gasteiger charge is -2.37. The van der Waals surface area contributed by atoms with E-state index in [2.05, 4.69) is 10.3 Å². The van der Waals surface area contributed by atoms with Gasteiger partial charge in [-0.25, -0.2) is 9.37 Å². The predicted molar refractivity (Wildman–Crippen MR) is 120 cm³/mol. The number of amides is 1. The summed E-state index contributed by atoms with van der Waals surface area (Å²) >= 11 is 5.87. The average Bonchev–Trinajstić information content (AvgIpc) is 2.79. The number of fused-ring (bicyclic) bond motifs is 1. The van der Waals surface area contributed by atoms with Gasteiger partial charge >= 0.3 is 6.18 Å². The largest absolute Gasteiger partial charge is 0.433 e. The second kappa shape index (κ2) is 9.17. The number of nitrogens with zero attached hydrogens (tertiary/aromatic N) is 2. The summed E-state index contributed by atoms with van der Waals surface area (Å²) in [5, 5.41) is 3.77. The van der Waals surface area contributed by atoms with Crippen molar-refractivity contribution < 1.29 is 22.4 Å². The van der Waals surface area contributed by atoms with Crippen LogP contribution in [0.25, 0.3) is 10.9 Å². The Labute approximate surface area is 193 Å². The fourth-order valence-corrected chi connectivity index (χ4v) is 4.50. The van der Waals surface area contributed by atoms with Gasteiger partial charge in [-0.1, -0.05) is 29.8 Å². The second-order valence-corrected chi connectivity index (χ2v) is 8.69. The van der Waals surface area contributed by atoms with Crippen LogP contribution in [0.1, 0.15) is 41.7 Å². The second-order valence-electron chi connectivity index (χ2n) is 8.26. The fourth-order valence-electron chi connectivity index (χ4n) is 4.33. The molecule has 1 heterocycles. The summed E-state index contributed by atoms with van der Waals surface area (Å²) in [6.07, 6.45) is -1.97. The van der Waals surface area contributed by atoms with Crippen molar-refractivity contribution in [2.24, 2.45) is 0 Å². The molecule has 2 aromatic carbocycles. The summed E-state index contributed by atoms with van der Waals surface area (Å²) < 4.78 is 54.2. The maximum absolute atomic E-state index is 14.0. The molecule has 4 rings (SSSR count). The highest BCUT2D eigenvalue weighted by Crippen LogP contribution is 2.36. The Kier molecular flexibility index (Phi) is 6.47. The lowest BCUT2D eigenvalue weighted by Crippen LogP contribution is -2.43. The molecule has 1 amide bonds. The summed E-state index contributed by atoms with van der Waals surface area (Å²) in [6.45, 7) is 0. The molecule has 174 valence electrons. The van der Waals surface area contributed by atoms with E-state index < -0.39 is 23.6 Å². The Morgan fingerprint density at radius 3 is 2.48 bits per heavy atom. The Balaban J connectivity index is 1.48. The van der Waals surface area contributed by atoms with E-state index in [1.807, 2.05) is 4.90 Å². The Bertz CT molecular complexity index is 1180. The third-order valence-electron chi connectivity index (χ3n) is 6.12. The summed E-state index contributed by atoms with van der Waals surface area (Å²) in [7, 11) is 1.78. The highest BCUT2D eigenvalue weighted by atomic mass is 35.5. The quantitative estimate of drug-likeness (QED) is 0.452. The molecule has 9 heteroatoms. The molecule has 0 radical (unpaired) electrons. The van der Waals surface area contributed by atoms with E-state index in [1.165, 1.54) is 12.1 Å². The normalized spacial score (nSPS) is 18.8. The number of carbonyl (C=O) groups is 1. The first-order valence-electron chi connectivity index (χ1n) is 10.6. The standard InChI is InChI=1S/C24H22ClF4N3O/c1-32(21-13-22(24(27,28)29)31-20-5-3-2-4-17(20)21)16-9-7-15(8-10-16)30-23(33)18-12-14(25)6-11-19(18)26/h2-6,11-13,15-16H,7-10H2,1H3,(H,30,33). The maximum atomic E-state index is 14.0. The minimum atomic E-state index is -4.54. The SMILES string of the molecule is CN(c1cc(C(F)(F)F)nc2ccccc12)C1CCC(NC(=O)c2cc(Cl)ccc2F)CC1. The molecule has 0 atom stereocenters. The highest BCUT2D eigenvalue weighted by Gasteiger charge is 2.34. The van der Waals surface area contributed by atoms with Gasteiger partial charge in [-0.2, -0.15) is 13.2 Å². The topological polar surface area (TPSA) is 45.2 Å². The van der Waals surface area contributed by atoms with E-state index in [9.17, 15) is 22.4 Å². The monoisotopic (exact) mass is 479 g/mol. The third kappa shape index (κ3) is 5.05. The average molecular weight is 480 g/mol.